The fourth-order valence-electron chi connectivity index (χ4n) is 3.46. The van der Waals surface area contributed by atoms with E-state index in [0.29, 0.717) is 5.75 Å². The molecule has 3 aromatic rings. The van der Waals surface area contributed by atoms with Crippen LogP contribution in [0.15, 0.2) is 52.9 Å². The van der Waals surface area contributed by atoms with Crippen molar-refractivity contribution in [2.75, 3.05) is 37.2 Å². The number of piperazine rings is 1. The molecule has 8 heteroatoms. The number of hydrogen-bond donors (Lipinski definition) is 1. The van der Waals surface area contributed by atoms with Gasteiger partial charge in [-0.1, -0.05) is 42.1 Å². The van der Waals surface area contributed by atoms with Crippen molar-refractivity contribution >= 4 is 50.8 Å². The first-order valence-corrected chi connectivity index (χ1v) is 11.7. The van der Waals surface area contributed by atoms with E-state index in [-0.39, 0.29) is 11.8 Å². The minimum Gasteiger partial charge on any atom is -0.339 e. The Balaban J connectivity index is 1.27. The zero-order chi connectivity index (χ0) is 20.9. The zero-order valence-electron chi connectivity index (χ0n) is 16.8. The van der Waals surface area contributed by atoms with Crippen LogP contribution in [0.5, 0.6) is 0 Å². The molecular formula is C22H24N4O2S2. The number of carbonyl (C=O) groups excluding carboxylic acids is 2. The predicted molar refractivity (Wildman–Crippen MR) is 123 cm³/mol. The van der Waals surface area contributed by atoms with Crippen LogP contribution in [-0.4, -0.2) is 58.5 Å². The Labute approximate surface area is 184 Å². The number of carbonyl (C=O) groups is 2. The Kier molecular flexibility index (Phi) is 6.66. The maximum Gasteiger partial charge on any atom is 0.233 e. The third-order valence-corrected chi connectivity index (χ3v) is 7.13. The molecule has 30 heavy (non-hydrogen) atoms. The number of aromatic nitrogens is 1. The van der Waals surface area contributed by atoms with E-state index in [9.17, 15) is 9.59 Å². The van der Waals surface area contributed by atoms with Crippen LogP contribution in [0.3, 0.4) is 0 Å². The first-order chi connectivity index (χ1) is 14.6. The van der Waals surface area contributed by atoms with E-state index in [4.69, 9.17) is 0 Å². The summed E-state index contributed by atoms with van der Waals surface area (Å²) in [5.41, 5.74) is 2.96. The average molecular weight is 441 g/mol. The summed E-state index contributed by atoms with van der Waals surface area (Å²) in [4.78, 5) is 32.8. The van der Waals surface area contributed by atoms with Crippen LogP contribution in [0, 0.1) is 0 Å². The number of hydrogen-bond acceptors (Lipinski definition) is 6. The number of amides is 2. The number of thiazole rings is 1. The van der Waals surface area contributed by atoms with Gasteiger partial charge in [0.1, 0.15) is 0 Å². The molecule has 2 aromatic carbocycles. The number of thioether (sulfide) groups is 1. The Bertz CT molecular complexity index is 1030. The van der Waals surface area contributed by atoms with Gasteiger partial charge in [-0.15, -0.1) is 11.3 Å². The largest absolute Gasteiger partial charge is 0.339 e. The van der Waals surface area contributed by atoms with Crippen molar-refractivity contribution in [1.82, 2.24) is 14.8 Å². The molecule has 156 valence electrons. The molecule has 2 amide bonds. The van der Waals surface area contributed by atoms with Crippen LogP contribution < -0.4 is 5.32 Å². The second-order valence-electron chi connectivity index (χ2n) is 7.27. The van der Waals surface area contributed by atoms with Crippen LogP contribution in [0.4, 0.5) is 5.69 Å². The Morgan fingerprint density at radius 1 is 1.10 bits per heavy atom. The summed E-state index contributed by atoms with van der Waals surface area (Å²) >= 11 is 3.04. The molecule has 2 heterocycles. The van der Waals surface area contributed by atoms with Crippen molar-refractivity contribution in [2.45, 2.75) is 17.8 Å². The number of rotatable bonds is 6. The van der Waals surface area contributed by atoms with Gasteiger partial charge >= 0.3 is 0 Å². The molecule has 1 fully saturated rings. The molecule has 0 spiro atoms. The minimum absolute atomic E-state index is 0.0945. The molecule has 1 aliphatic heterocycles. The van der Waals surface area contributed by atoms with E-state index in [0.717, 1.165) is 53.0 Å². The topological polar surface area (TPSA) is 65.5 Å². The second-order valence-corrected chi connectivity index (χ2v) is 9.53. The van der Waals surface area contributed by atoms with E-state index in [1.807, 2.05) is 29.2 Å². The van der Waals surface area contributed by atoms with E-state index in [2.05, 4.69) is 39.5 Å². The molecule has 0 bridgehead atoms. The summed E-state index contributed by atoms with van der Waals surface area (Å²) in [6.07, 6.45) is 0. The highest BCUT2D eigenvalue weighted by Gasteiger charge is 2.21. The lowest BCUT2D eigenvalue weighted by atomic mass is 10.2. The van der Waals surface area contributed by atoms with Crippen LogP contribution >= 0.6 is 23.1 Å². The third kappa shape index (κ3) is 5.38. The summed E-state index contributed by atoms with van der Waals surface area (Å²) in [5, 5.41) is 2.79. The van der Waals surface area contributed by atoms with E-state index in [1.165, 1.54) is 24.2 Å². The number of anilines is 1. The summed E-state index contributed by atoms with van der Waals surface area (Å²) in [6, 6.07) is 16.1. The van der Waals surface area contributed by atoms with Crippen LogP contribution in [0.1, 0.15) is 12.5 Å². The SMILES string of the molecule is CC(=O)Nc1ccc2nc(SCC(=O)N3CCN(Cc4ccccc4)CC3)sc2c1. The molecule has 1 saturated heterocycles. The van der Waals surface area contributed by atoms with E-state index in [1.54, 1.807) is 11.3 Å². The molecule has 0 aliphatic carbocycles. The normalized spacial score (nSPS) is 14.8. The van der Waals surface area contributed by atoms with E-state index >= 15 is 0 Å². The molecule has 0 radical (unpaired) electrons. The first-order valence-electron chi connectivity index (χ1n) is 9.92. The molecule has 6 nitrogen and oxygen atoms in total. The molecule has 0 atom stereocenters. The van der Waals surface area contributed by atoms with Gasteiger partial charge in [0.25, 0.3) is 0 Å². The van der Waals surface area contributed by atoms with Crippen molar-refractivity contribution in [3.63, 3.8) is 0 Å². The van der Waals surface area contributed by atoms with Crippen LogP contribution in [0.2, 0.25) is 0 Å². The second kappa shape index (κ2) is 9.59. The van der Waals surface area contributed by atoms with Gasteiger partial charge in [0.2, 0.25) is 11.8 Å². The molecule has 0 saturated carbocycles. The molecule has 1 aliphatic rings. The Hall–Kier alpha value is -2.42. The fraction of sp³-hybridized carbons (Fsp3) is 0.318. The molecule has 1 N–H and O–H groups in total. The van der Waals surface area contributed by atoms with Crippen molar-refractivity contribution in [3.8, 4) is 0 Å². The zero-order valence-corrected chi connectivity index (χ0v) is 18.5. The highest BCUT2D eigenvalue weighted by Crippen LogP contribution is 2.31. The van der Waals surface area contributed by atoms with Crippen molar-refractivity contribution in [3.05, 3.63) is 54.1 Å². The van der Waals surface area contributed by atoms with Gasteiger partial charge in [-0.05, 0) is 23.8 Å². The van der Waals surface area contributed by atoms with Gasteiger partial charge in [0.15, 0.2) is 4.34 Å². The van der Waals surface area contributed by atoms with Crippen molar-refractivity contribution < 1.29 is 9.59 Å². The highest BCUT2D eigenvalue weighted by atomic mass is 32.2. The summed E-state index contributed by atoms with van der Waals surface area (Å²) < 4.78 is 1.88. The molecule has 4 rings (SSSR count). The molecular weight excluding hydrogens is 416 g/mol. The van der Waals surface area contributed by atoms with Gasteiger partial charge in [0, 0.05) is 45.3 Å². The number of fused-ring (bicyclic) bond motifs is 1. The minimum atomic E-state index is -0.0945. The summed E-state index contributed by atoms with van der Waals surface area (Å²) in [7, 11) is 0. The summed E-state index contributed by atoms with van der Waals surface area (Å²) in [5.74, 6) is 0.470. The maximum absolute atomic E-state index is 12.6. The van der Waals surface area contributed by atoms with Crippen molar-refractivity contribution in [2.24, 2.45) is 0 Å². The molecule has 1 aromatic heterocycles. The number of nitrogens with one attached hydrogen (secondary N) is 1. The van der Waals surface area contributed by atoms with Gasteiger partial charge in [-0.2, -0.15) is 0 Å². The lowest BCUT2D eigenvalue weighted by Gasteiger charge is -2.34. The summed E-state index contributed by atoms with van der Waals surface area (Å²) in [6.45, 7) is 5.77. The first kappa shape index (κ1) is 20.8. The standard InChI is InChI=1S/C22H24N4O2S2/c1-16(27)23-18-7-8-19-20(13-18)30-22(24-19)29-15-21(28)26-11-9-25(10-12-26)14-17-5-3-2-4-6-17/h2-8,13H,9-12,14-15H2,1H3,(H,23,27). The lowest BCUT2D eigenvalue weighted by molar-refractivity contribution is -0.130. The van der Waals surface area contributed by atoms with Crippen LogP contribution in [0.25, 0.3) is 10.2 Å². The van der Waals surface area contributed by atoms with Crippen LogP contribution in [-0.2, 0) is 16.1 Å². The number of benzene rings is 2. The quantitative estimate of drug-likeness (QED) is 0.592. The average Bonchev–Trinajstić information content (AvgIpc) is 3.15. The van der Waals surface area contributed by atoms with Gasteiger partial charge < -0.3 is 10.2 Å². The third-order valence-electron chi connectivity index (χ3n) is 4.98. The van der Waals surface area contributed by atoms with Crippen molar-refractivity contribution in [1.29, 1.82) is 0 Å². The number of nitrogens with zero attached hydrogens (tertiary/aromatic N) is 3. The monoisotopic (exact) mass is 440 g/mol. The molecule has 0 unspecified atom stereocenters. The predicted octanol–water partition coefficient (Wildman–Crippen LogP) is 3.69. The Morgan fingerprint density at radius 3 is 2.60 bits per heavy atom. The van der Waals surface area contributed by atoms with Gasteiger partial charge in [-0.25, -0.2) is 4.98 Å². The Morgan fingerprint density at radius 2 is 1.87 bits per heavy atom. The van der Waals surface area contributed by atoms with Gasteiger partial charge in [-0.3, -0.25) is 14.5 Å². The maximum atomic E-state index is 12.6. The highest BCUT2D eigenvalue weighted by molar-refractivity contribution is 8.01. The van der Waals surface area contributed by atoms with E-state index < -0.39 is 0 Å². The van der Waals surface area contributed by atoms with Gasteiger partial charge in [0.05, 0.1) is 16.0 Å². The lowest BCUT2D eigenvalue weighted by Crippen LogP contribution is -2.48. The smallest absolute Gasteiger partial charge is 0.233 e. The fourth-order valence-corrected chi connectivity index (χ4v) is 5.47.